The molecule has 3 aromatic carbocycles. The first kappa shape index (κ1) is 19.9. The van der Waals surface area contributed by atoms with E-state index in [0.717, 1.165) is 11.1 Å². The van der Waals surface area contributed by atoms with Gasteiger partial charge in [0.25, 0.3) is 15.9 Å². The van der Waals surface area contributed by atoms with Gasteiger partial charge >= 0.3 is 0 Å². The van der Waals surface area contributed by atoms with Crippen LogP contribution in [-0.4, -0.2) is 14.3 Å². The second kappa shape index (κ2) is 8.04. The number of benzene rings is 3. The molecule has 0 unspecified atom stereocenters. The number of carbonyl (C=O) groups excluding carboxylic acids is 1. The number of amides is 1. The first-order valence-corrected chi connectivity index (χ1v) is 10.4. The van der Waals surface area contributed by atoms with E-state index in [9.17, 15) is 13.2 Å². The number of nitrogens with one attached hydrogen (secondary N) is 2. The maximum Gasteiger partial charge on any atom is 0.263 e. The molecule has 0 aliphatic rings. The molecule has 5 nitrogen and oxygen atoms in total. The number of aryl methyl sites for hydroxylation is 2. The molecular weight excluding hydrogens is 396 g/mol. The van der Waals surface area contributed by atoms with E-state index in [1.165, 1.54) is 18.2 Å². The summed E-state index contributed by atoms with van der Waals surface area (Å²) in [5, 5.41) is 2.84. The van der Waals surface area contributed by atoms with Crippen LogP contribution in [0.5, 0.6) is 0 Å². The molecule has 7 heteroatoms. The predicted molar refractivity (Wildman–Crippen MR) is 113 cm³/mol. The van der Waals surface area contributed by atoms with Crippen LogP contribution < -0.4 is 10.0 Å². The Labute approximate surface area is 169 Å². The minimum atomic E-state index is -3.95. The molecule has 0 saturated heterocycles. The largest absolute Gasteiger partial charge is 0.322 e. The highest BCUT2D eigenvalue weighted by atomic mass is 35.5. The van der Waals surface area contributed by atoms with E-state index in [1.807, 2.05) is 32.0 Å². The topological polar surface area (TPSA) is 75.3 Å². The lowest BCUT2D eigenvalue weighted by atomic mass is 10.1. The lowest BCUT2D eigenvalue weighted by Gasteiger charge is -2.12. The summed E-state index contributed by atoms with van der Waals surface area (Å²) < 4.78 is 27.9. The van der Waals surface area contributed by atoms with E-state index in [0.29, 0.717) is 11.4 Å². The summed E-state index contributed by atoms with van der Waals surface area (Å²) >= 11 is 6.10. The van der Waals surface area contributed by atoms with E-state index < -0.39 is 15.9 Å². The maximum absolute atomic E-state index is 12.7. The van der Waals surface area contributed by atoms with Crippen LogP contribution in [0.25, 0.3) is 0 Å². The fourth-order valence-electron chi connectivity index (χ4n) is 2.72. The minimum absolute atomic E-state index is 0.0338. The van der Waals surface area contributed by atoms with Gasteiger partial charge < -0.3 is 5.32 Å². The molecule has 0 atom stereocenters. The number of anilines is 2. The van der Waals surface area contributed by atoms with Crippen molar-refractivity contribution in [2.45, 2.75) is 18.7 Å². The van der Waals surface area contributed by atoms with Crippen molar-refractivity contribution in [1.29, 1.82) is 0 Å². The number of hydrogen-bond acceptors (Lipinski definition) is 3. The Morgan fingerprint density at radius 3 is 2.32 bits per heavy atom. The van der Waals surface area contributed by atoms with Crippen LogP contribution in [0.1, 0.15) is 21.5 Å². The fraction of sp³-hybridized carbons (Fsp3) is 0.0952. The quantitative estimate of drug-likeness (QED) is 0.616. The molecule has 0 aliphatic carbocycles. The highest BCUT2D eigenvalue weighted by Crippen LogP contribution is 2.26. The summed E-state index contributed by atoms with van der Waals surface area (Å²) in [4.78, 5) is 12.5. The van der Waals surface area contributed by atoms with Crippen LogP contribution in [0.15, 0.2) is 71.6 Å². The summed E-state index contributed by atoms with van der Waals surface area (Å²) in [7, 11) is -3.95. The third kappa shape index (κ3) is 4.52. The predicted octanol–water partition coefficient (Wildman–Crippen LogP) is 5.01. The summed E-state index contributed by atoms with van der Waals surface area (Å²) in [6.45, 7) is 3.86. The number of sulfonamides is 1. The van der Waals surface area contributed by atoms with Crippen LogP contribution in [-0.2, 0) is 10.0 Å². The van der Waals surface area contributed by atoms with Crippen molar-refractivity contribution in [2.24, 2.45) is 0 Å². The van der Waals surface area contributed by atoms with Gasteiger partial charge in [0.1, 0.15) is 4.90 Å². The van der Waals surface area contributed by atoms with Gasteiger partial charge in [-0.3, -0.25) is 9.52 Å². The molecule has 28 heavy (non-hydrogen) atoms. The monoisotopic (exact) mass is 414 g/mol. The number of hydrogen-bond donors (Lipinski definition) is 2. The average molecular weight is 415 g/mol. The van der Waals surface area contributed by atoms with E-state index in [2.05, 4.69) is 10.0 Å². The van der Waals surface area contributed by atoms with Gasteiger partial charge in [0, 0.05) is 16.9 Å². The molecule has 1 amide bonds. The Balaban J connectivity index is 1.89. The zero-order chi connectivity index (χ0) is 20.3. The zero-order valence-electron chi connectivity index (χ0n) is 15.4. The van der Waals surface area contributed by atoms with Crippen molar-refractivity contribution in [3.63, 3.8) is 0 Å². The van der Waals surface area contributed by atoms with E-state index in [-0.39, 0.29) is 15.5 Å². The lowest BCUT2D eigenvalue weighted by Crippen LogP contribution is -2.16. The fourth-order valence-corrected chi connectivity index (χ4v) is 4.30. The van der Waals surface area contributed by atoms with Gasteiger partial charge in [-0.05, 0) is 55.8 Å². The van der Waals surface area contributed by atoms with Crippen molar-refractivity contribution in [1.82, 2.24) is 0 Å². The Morgan fingerprint density at radius 2 is 1.64 bits per heavy atom. The number of carbonyl (C=O) groups is 1. The van der Waals surface area contributed by atoms with Crippen molar-refractivity contribution in [3.05, 3.63) is 88.4 Å². The first-order chi connectivity index (χ1) is 13.3. The lowest BCUT2D eigenvalue weighted by molar-refractivity contribution is 0.102. The second-order valence-electron chi connectivity index (χ2n) is 6.39. The standard InChI is InChI=1S/C21H19ClN2O3S/c1-14-8-11-19(15(2)12-14)23-21(25)16-9-10-18(22)20(13-16)28(26,27)24-17-6-4-3-5-7-17/h3-13,24H,1-2H3,(H,23,25). The van der Waals surface area contributed by atoms with Crippen LogP contribution in [0, 0.1) is 13.8 Å². The highest BCUT2D eigenvalue weighted by molar-refractivity contribution is 7.92. The Morgan fingerprint density at radius 1 is 0.929 bits per heavy atom. The molecule has 0 heterocycles. The minimum Gasteiger partial charge on any atom is -0.322 e. The van der Waals surface area contributed by atoms with Gasteiger partial charge in [0.15, 0.2) is 0 Å². The van der Waals surface area contributed by atoms with Gasteiger partial charge in [-0.15, -0.1) is 0 Å². The second-order valence-corrected chi connectivity index (χ2v) is 8.45. The van der Waals surface area contributed by atoms with Crippen LogP contribution in [0.2, 0.25) is 5.02 Å². The molecule has 0 bridgehead atoms. The van der Waals surface area contributed by atoms with Gasteiger partial charge in [0.2, 0.25) is 0 Å². The maximum atomic E-state index is 12.7. The van der Waals surface area contributed by atoms with Crippen LogP contribution >= 0.6 is 11.6 Å². The van der Waals surface area contributed by atoms with Crippen molar-refractivity contribution in [2.75, 3.05) is 10.0 Å². The first-order valence-electron chi connectivity index (χ1n) is 8.52. The van der Waals surface area contributed by atoms with Crippen molar-refractivity contribution < 1.29 is 13.2 Å². The third-order valence-electron chi connectivity index (χ3n) is 4.14. The normalized spacial score (nSPS) is 11.1. The summed E-state index contributed by atoms with van der Waals surface area (Å²) in [6, 6.07) is 18.3. The molecule has 3 aromatic rings. The Hall–Kier alpha value is -2.83. The molecule has 0 saturated carbocycles. The number of para-hydroxylation sites is 1. The van der Waals surface area contributed by atoms with Crippen LogP contribution in [0.3, 0.4) is 0 Å². The molecule has 0 aromatic heterocycles. The highest BCUT2D eigenvalue weighted by Gasteiger charge is 2.20. The Kier molecular flexibility index (Phi) is 5.72. The van der Waals surface area contributed by atoms with Crippen molar-refractivity contribution >= 4 is 38.9 Å². The molecular formula is C21H19ClN2O3S. The molecule has 0 fully saturated rings. The van der Waals surface area contributed by atoms with E-state index in [1.54, 1.807) is 30.3 Å². The molecule has 0 radical (unpaired) electrons. The number of rotatable bonds is 5. The summed E-state index contributed by atoms with van der Waals surface area (Å²) in [6.07, 6.45) is 0. The van der Waals surface area contributed by atoms with Crippen molar-refractivity contribution in [3.8, 4) is 0 Å². The van der Waals surface area contributed by atoms with Gasteiger partial charge in [-0.2, -0.15) is 0 Å². The van der Waals surface area contributed by atoms with Gasteiger partial charge in [-0.25, -0.2) is 8.42 Å². The third-order valence-corrected chi connectivity index (χ3v) is 6.00. The molecule has 0 aliphatic heterocycles. The molecule has 144 valence electrons. The SMILES string of the molecule is Cc1ccc(NC(=O)c2ccc(Cl)c(S(=O)(=O)Nc3ccccc3)c2)c(C)c1. The number of halogens is 1. The molecule has 2 N–H and O–H groups in total. The molecule has 3 rings (SSSR count). The van der Waals surface area contributed by atoms with E-state index >= 15 is 0 Å². The van der Waals surface area contributed by atoms with Crippen LogP contribution in [0.4, 0.5) is 11.4 Å². The average Bonchev–Trinajstić information content (AvgIpc) is 2.64. The smallest absolute Gasteiger partial charge is 0.263 e. The summed E-state index contributed by atoms with van der Waals surface area (Å²) in [5.74, 6) is -0.417. The van der Waals surface area contributed by atoms with Gasteiger partial charge in [0.05, 0.1) is 5.02 Å². The van der Waals surface area contributed by atoms with Gasteiger partial charge in [-0.1, -0.05) is 47.5 Å². The zero-order valence-corrected chi connectivity index (χ0v) is 16.9. The Bertz CT molecular complexity index is 1130. The summed E-state index contributed by atoms with van der Waals surface area (Å²) in [5.41, 5.74) is 3.27. The van der Waals surface area contributed by atoms with E-state index in [4.69, 9.17) is 11.6 Å². The molecule has 0 spiro atoms.